The molecular formula is C46H36N4. The Morgan fingerprint density at radius 3 is 1.30 bits per heavy atom. The normalized spacial score (nSPS) is 11.5. The summed E-state index contributed by atoms with van der Waals surface area (Å²) in [5.41, 5.74) is 14.9. The number of hydrogen-bond acceptors (Lipinski definition) is 4. The third-order valence-electron chi connectivity index (χ3n) is 9.14. The van der Waals surface area contributed by atoms with E-state index in [1.54, 1.807) is 0 Å². The number of nitrogens with zero attached hydrogens (tertiary/aromatic N) is 4. The van der Waals surface area contributed by atoms with E-state index in [0.29, 0.717) is 0 Å². The standard InChI is InChI=1S/C46H36N4/c1-46(2,3)38-30-37(31-14-6-4-7-15-31)44-45(41(38)34-16-8-5-9-17-34)50-43(36-26-22-33(23-27-36)40-19-11-13-29-48-40)42(49-44)35-24-20-32(21-25-35)39-18-10-12-28-47-39/h4-30H,1-3H3. The van der Waals surface area contributed by atoms with Crippen molar-refractivity contribution in [2.75, 3.05) is 0 Å². The molecule has 50 heavy (non-hydrogen) atoms. The Kier molecular flexibility index (Phi) is 8.06. The second kappa shape index (κ2) is 13.0. The Morgan fingerprint density at radius 1 is 0.400 bits per heavy atom. The lowest BCUT2D eigenvalue weighted by Gasteiger charge is -2.26. The molecule has 0 saturated carbocycles. The van der Waals surface area contributed by atoms with Crippen LogP contribution in [0.3, 0.4) is 0 Å². The molecule has 3 aromatic heterocycles. The van der Waals surface area contributed by atoms with Crippen LogP contribution < -0.4 is 0 Å². The Morgan fingerprint density at radius 2 is 0.840 bits per heavy atom. The molecule has 0 aliphatic heterocycles. The highest BCUT2D eigenvalue weighted by molar-refractivity contribution is 6.04. The van der Waals surface area contributed by atoms with Crippen LogP contribution in [0.5, 0.6) is 0 Å². The topological polar surface area (TPSA) is 51.6 Å². The number of rotatable bonds is 6. The molecule has 3 heterocycles. The molecule has 0 unspecified atom stereocenters. The third-order valence-corrected chi connectivity index (χ3v) is 9.14. The highest BCUT2D eigenvalue weighted by atomic mass is 14.8. The van der Waals surface area contributed by atoms with E-state index < -0.39 is 0 Å². The average Bonchev–Trinajstić information content (AvgIpc) is 3.18. The van der Waals surface area contributed by atoms with Crippen LogP contribution >= 0.6 is 0 Å². The van der Waals surface area contributed by atoms with Gasteiger partial charge < -0.3 is 0 Å². The van der Waals surface area contributed by atoms with Crippen LogP contribution in [0.15, 0.2) is 164 Å². The number of hydrogen-bond donors (Lipinski definition) is 0. The molecule has 0 spiro atoms. The maximum Gasteiger partial charge on any atom is 0.0982 e. The summed E-state index contributed by atoms with van der Waals surface area (Å²) in [6.45, 7) is 6.83. The van der Waals surface area contributed by atoms with Gasteiger partial charge in [-0.2, -0.15) is 0 Å². The van der Waals surface area contributed by atoms with Crippen LogP contribution in [0.1, 0.15) is 26.3 Å². The van der Waals surface area contributed by atoms with Crippen molar-refractivity contribution in [1.82, 2.24) is 19.9 Å². The first kappa shape index (κ1) is 31.0. The molecule has 5 aromatic carbocycles. The first-order valence-corrected chi connectivity index (χ1v) is 17.0. The van der Waals surface area contributed by atoms with E-state index in [-0.39, 0.29) is 5.41 Å². The van der Waals surface area contributed by atoms with Crippen LogP contribution in [0, 0.1) is 0 Å². The van der Waals surface area contributed by atoms with Crippen molar-refractivity contribution in [3.8, 4) is 67.3 Å². The molecular weight excluding hydrogens is 609 g/mol. The summed E-state index contributed by atoms with van der Waals surface area (Å²) >= 11 is 0. The number of benzene rings is 5. The summed E-state index contributed by atoms with van der Waals surface area (Å²) in [6, 6.07) is 52.5. The minimum atomic E-state index is -0.158. The van der Waals surface area contributed by atoms with Gasteiger partial charge in [-0.05, 0) is 52.4 Å². The average molecular weight is 645 g/mol. The van der Waals surface area contributed by atoms with Gasteiger partial charge in [0.15, 0.2) is 0 Å². The monoisotopic (exact) mass is 644 g/mol. The van der Waals surface area contributed by atoms with E-state index in [9.17, 15) is 0 Å². The van der Waals surface area contributed by atoms with Gasteiger partial charge in [-0.3, -0.25) is 9.97 Å². The van der Waals surface area contributed by atoms with E-state index in [2.05, 4.69) is 146 Å². The molecule has 4 nitrogen and oxygen atoms in total. The van der Waals surface area contributed by atoms with Gasteiger partial charge in [-0.1, -0.05) is 142 Å². The Hall–Kier alpha value is -6.26. The molecule has 0 radical (unpaired) electrons. The first-order valence-electron chi connectivity index (χ1n) is 17.0. The molecule has 0 saturated heterocycles. The maximum absolute atomic E-state index is 5.65. The molecule has 0 amide bonds. The SMILES string of the molecule is CC(C)(C)c1cc(-c2ccccc2)c2nc(-c3ccc(-c4ccccn4)cc3)c(-c3ccc(-c4ccccn4)cc3)nc2c1-c1ccccc1. The first-order chi connectivity index (χ1) is 24.4. The zero-order valence-electron chi connectivity index (χ0n) is 28.4. The molecule has 240 valence electrons. The van der Waals surface area contributed by atoms with Crippen LogP contribution in [0.25, 0.3) is 78.3 Å². The van der Waals surface area contributed by atoms with Gasteiger partial charge in [0.1, 0.15) is 0 Å². The lowest BCUT2D eigenvalue weighted by molar-refractivity contribution is 0.593. The van der Waals surface area contributed by atoms with Crippen LogP contribution in [-0.2, 0) is 5.41 Å². The molecule has 0 aliphatic carbocycles. The molecule has 0 aliphatic rings. The predicted octanol–water partition coefficient (Wildman–Crippen LogP) is 11.7. The van der Waals surface area contributed by atoms with Crippen LogP contribution in [0.4, 0.5) is 0 Å². The number of aromatic nitrogens is 4. The van der Waals surface area contributed by atoms with Gasteiger partial charge in [-0.25, -0.2) is 9.97 Å². The summed E-state index contributed by atoms with van der Waals surface area (Å²) in [7, 11) is 0. The lowest BCUT2D eigenvalue weighted by Crippen LogP contribution is -2.14. The number of fused-ring (bicyclic) bond motifs is 1. The summed E-state index contributed by atoms with van der Waals surface area (Å²) < 4.78 is 0. The van der Waals surface area contributed by atoms with Gasteiger partial charge in [0.05, 0.1) is 33.8 Å². The van der Waals surface area contributed by atoms with Gasteiger partial charge in [0.2, 0.25) is 0 Å². The Balaban J connectivity index is 1.44. The fourth-order valence-electron chi connectivity index (χ4n) is 6.60. The fourth-order valence-corrected chi connectivity index (χ4v) is 6.60. The van der Waals surface area contributed by atoms with E-state index in [0.717, 1.165) is 78.3 Å². The van der Waals surface area contributed by atoms with Crippen LogP contribution in [0.2, 0.25) is 0 Å². The molecule has 0 N–H and O–H groups in total. The second-order valence-electron chi connectivity index (χ2n) is 13.5. The van der Waals surface area contributed by atoms with Crippen molar-refractivity contribution in [3.05, 3.63) is 170 Å². The Labute approximate surface area is 293 Å². The smallest absolute Gasteiger partial charge is 0.0982 e. The van der Waals surface area contributed by atoms with Gasteiger partial charge in [-0.15, -0.1) is 0 Å². The molecule has 4 heteroatoms. The zero-order chi connectivity index (χ0) is 34.1. The van der Waals surface area contributed by atoms with Gasteiger partial charge in [0.25, 0.3) is 0 Å². The van der Waals surface area contributed by atoms with Crippen LogP contribution in [-0.4, -0.2) is 19.9 Å². The quantitative estimate of drug-likeness (QED) is 0.181. The van der Waals surface area contributed by atoms with E-state index in [4.69, 9.17) is 9.97 Å². The highest BCUT2D eigenvalue weighted by Crippen LogP contribution is 2.44. The summed E-state index contributed by atoms with van der Waals surface area (Å²) in [5.74, 6) is 0. The molecule has 8 aromatic rings. The highest BCUT2D eigenvalue weighted by Gasteiger charge is 2.26. The summed E-state index contributed by atoms with van der Waals surface area (Å²) in [5, 5.41) is 0. The number of pyridine rings is 2. The van der Waals surface area contributed by atoms with E-state index in [1.165, 1.54) is 5.56 Å². The molecule has 0 atom stereocenters. The van der Waals surface area contributed by atoms with Crippen molar-refractivity contribution in [1.29, 1.82) is 0 Å². The maximum atomic E-state index is 5.65. The minimum Gasteiger partial charge on any atom is -0.256 e. The van der Waals surface area contributed by atoms with Crippen molar-refractivity contribution < 1.29 is 0 Å². The van der Waals surface area contributed by atoms with Gasteiger partial charge in [0, 0.05) is 45.8 Å². The van der Waals surface area contributed by atoms with Crippen molar-refractivity contribution in [2.24, 2.45) is 0 Å². The van der Waals surface area contributed by atoms with Crippen molar-refractivity contribution in [2.45, 2.75) is 26.2 Å². The van der Waals surface area contributed by atoms with Gasteiger partial charge >= 0.3 is 0 Å². The predicted molar refractivity (Wildman–Crippen MR) is 206 cm³/mol. The Bertz CT molecular complexity index is 2400. The fraction of sp³-hybridized carbons (Fsp3) is 0.0870. The molecule has 8 rings (SSSR count). The zero-order valence-corrected chi connectivity index (χ0v) is 28.4. The van der Waals surface area contributed by atoms with E-state index in [1.807, 2.05) is 48.8 Å². The van der Waals surface area contributed by atoms with Crippen molar-refractivity contribution >= 4 is 11.0 Å². The molecule has 0 fully saturated rings. The minimum absolute atomic E-state index is 0.158. The summed E-state index contributed by atoms with van der Waals surface area (Å²) in [4.78, 5) is 20.4. The van der Waals surface area contributed by atoms with Crippen molar-refractivity contribution in [3.63, 3.8) is 0 Å². The largest absolute Gasteiger partial charge is 0.256 e. The lowest BCUT2D eigenvalue weighted by atomic mass is 9.79. The second-order valence-corrected chi connectivity index (χ2v) is 13.5. The third kappa shape index (κ3) is 5.97. The molecule has 0 bridgehead atoms. The van der Waals surface area contributed by atoms with E-state index >= 15 is 0 Å². The summed E-state index contributed by atoms with van der Waals surface area (Å²) in [6.07, 6.45) is 3.65.